The van der Waals surface area contributed by atoms with Crippen molar-refractivity contribution in [3.63, 3.8) is 0 Å². The molecular weight excluding hydrogens is 248 g/mol. The summed E-state index contributed by atoms with van der Waals surface area (Å²) < 4.78 is 26.7. The smallest absolute Gasteiger partial charge is 0.212 e. The maximum absolute atomic E-state index is 11.9. The molecule has 1 N–H and O–H groups in total. The van der Waals surface area contributed by atoms with Crippen molar-refractivity contribution in [2.24, 2.45) is 5.92 Å². The van der Waals surface area contributed by atoms with Crippen molar-refractivity contribution >= 4 is 10.0 Å². The van der Waals surface area contributed by atoms with Crippen LogP contribution < -0.4 is 4.72 Å². The van der Waals surface area contributed by atoms with Crippen LogP contribution in [0.2, 0.25) is 0 Å². The molecule has 1 rings (SSSR count). The van der Waals surface area contributed by atoms with Crippen LogP contribution >= 0.6 is 0 Å². The molecule has 1 atom stereocenters. The average molecular weight is 270 g/mol. The number of nitrogens with zero attached hydrogens (tertiary/aromatic N) is 1. The van der Waals surface area contributed by atoms with E-state index in [0.29, 0.717) is 6.42 Å². The summed E-state index contributed by atoms with van der Waals surface area (Å²) in [6.45, 7) is 5.98. The molecule has 1 aromatic rings. The molecule has 18 heavy (non-hydrogen) atoms. The lowest BCUT2D eigenvalue weighted by Gasteiger charge is -2.22. The first-order valence-corrected chi connectivity index (χ1v) is 8.01. The van der Waals surface area contributed by atoms with Gasteiger partial charge in [0.1, 0.15) is 0 Å². The molecule has 5 heteroatoms. The summed E-state index contributed by atoms with van der Waals surface area (Å²) in [7, 11) is -3.21. The Morgan fingerprint density at radius 1 is 1.39 bits per heavy atom. The zero-order valence-corrected chi connectivity index (χ0v) is 12.1. The normalized spacial score (nSPS) is 13.8. The van der Waals surface area contributed by atoms with E-state index in [-0.39, 0.29) is 17.7 Å². The Labute approximate surface area is 110 Å². The molecule has 102 valence electrons. The summed E-state index contributed by atoms with van der Waals surface area (Å²) in [6, 6.07) is 3.52. The van der Waals surface area contributed by atoms with Crippen LogP contribution in [-0.2, 0) is 10.0 Å². The highest BCUT2D eigenvalue weighted by molar-refractivity contribution is 7.89. The van der Waals surface area contributed by atoms with Crippen molar-refractivity contribution in [3.8, 4) is 0 Å². The Bertz CT molecular complexity index is 443. The minimum absolute atomic E-state index is 0.186. The lowest BCUT2D eigenvalue weighted by atomic mass is 9.99. The first-order valence-electron chi connectivity index (χ1n) is 6.36. The summed E-state index contributed by atoms with van der Waals surface area (Å²) in [5.74, 6) is 0.373. The fourth-order valence-electron chi connectivity index (χ4n) is 1.74. The molecule has 1 aromatic heterocycles. The summed E-state index contributed by atoms with van der Waals surface area (Å²) >= 11 is 0. The van der Waals surface area contributed by atoms with Gasteiger partial charge < -0.3 is 0 Å². The highest BCUT2D eigenvalue weighted by Crippen LogP contribution is 2.21. The Hall–Kier alpha value is -0.940. The van der Waals surface area contributed by atoms with E-state index in [4.69, 9.17) is 0 Å². The topological polar surface area (TPSA) is 59.1 Å². The van der Waals surface area contributed by atoms with Crippen LogP contribution in [0.15, 0.2) is 24.5 Å². The largest absolute Gasteiger partial charge is 0.264 e. The molecule has 4 nitrogen and oxygen atoms in total. The molecular formula is C13H22N2O2S. The van der Waals surface area contributed by atoms with E-state index in [1.54, 1.807) is 12.4 Å². The van der Waals surface area contributed by atoms with Crippen LogP contribution in [0.1, 0.15) is 45.2 Å². The fraction of sp³-hybridized carbons (Fsp3) is 0.615. The third-order valence-corrected chi connectivity index (χ3v) is 4.22. The average Bonchev–Trinajstić information content (AvgIpc) is 2.34. The number of rotatable bonds is 7. The predicted molar refractivity (Wildman–Crippen MR) is 73.6 cm³/mol. The Kier molecular flexibility index (Phi) is 5.75. The van der Waals surface area contributed by atoms with E-state index in [0.717, 1.165) is 12.0 Å². The summed E-state index contributed by atoms with van der Waals surface area (Å²) in [4.78, 5) is 4.05. The van der Waals surface area contributed by atoms with Gasteiger partial charge in [-0.15, -0.1) is 0 Å². The van der Waals surface area contributed by atoms with Crippen molar-refractivity contribution < 1.29 is 8.42 Å². The maximum Gasteiger partial charge on any atom is 0.212 e. The van der Waals surface area contributed by atoms with E-state index < -0.39 is 10.0 Å². The highest BCUT2D eigenvalue weighted by atomic mass is 32.2. The second-order valence-corrected chi connectivity index (χ2v) is 6.67. The van der Waals surface area contributed by atoms with Crippen LogP contribution in [0, 0.1) is 5.92 Å². The predicted octanol–water partition coefficient (Wildman–Crippen LogP) is 2.50. The number of pyridine rings is 1. The molecule has 0 saturated carbocycles. The summed E-state index contributed by atoms with van der Waals surface area (Å²) in [6.07, 6.45) is 4.97. The highest BCUT2D eigenvalue weighted by Gasteiger charge is 2.21. The molecule has 0 aliphatic carbocycles. The number of nitrogens with one attached hydrogen (secondary N) is 1. The number of hydrogen-bond acceptors (Lipinski definition) is 3. The van der Waals surface area contributed by atoms with Crippen molar-refractivity contribution in [2.75, 3.05) is 5.75 Å². The van der Waals surface area contributed by atoms with Gasteiger partial charge in [-0.2, -0.15) is 0 Å². The first kappa shape index (κ1) is 15.1. The molecule has 0 aromatic carbocycles. The summed E-state index contributed by atoms with van der Waals surface area (Å²) in [5, 5.41) is 0. The van der Waals surface area contributed by atoms with E-state index >= 15 is 0 Å². The van der Waals surface area contributed by atoms with Gasteiger partial charge in [-0.3, -0.25) is 4.98 Å². The lowest BCUT2D eigenvalue weighted by molar-refractivity contribution is 0.461. The second-order valence-electron chi connectivity index (χ2n) is 4.80. The van der Waals surface area contributed by atoms with Gasteiger partial charge in [0, 0.05) is 12.4 Å². The van der Waals surface area contributed by atoms with Crippen LogP contribution in [-0.4, -0.2) is 19.2 Å². The van der Waals surface area contributed by atoms with Gasteiger partial charge in [0.15, 0.2) is 0 Å². The van der Waals surface area contributed by atoms with E-state index in [2.05, 4.69) is 9.71 Å². The van der Waals surface area contributed by atoms with E-state index in [9.17, 15) is 8.42 Å². The van der Waals surface area contributed by atoms with Gasteiger partial charge in [0.25, 0.3) is 0 Å². The molecule has 0 fully saturated rings. The molecule has 1 heterocycles. The second kappa shape index (κ2) is 6.85. The van der Waals surface area contributed by atoms with Crippen molar-refractivity contribution in [1.82, 2.24) is 9.71 Å². The minimum Gasteiger partial charge on any atom is -0.264 e. The zero-order chi connectivity index (χ0) is 13.6. The number of sulfonamides is 1. The van der Waals surface area contributed by atoms with Gasteiger partial charge in [-0.25, -0.2) is 13.1 Å². The molecule has 0 unspecified atom stereocenters. The third-order valence-electron chi connectivity index (χ3n) is 2.78. The van der Waals surface area contributed by atoms with Crippen molar-refractivity contribution in [3.05, 3.63) is 30.1 Å². The number of unbranched alkanes of at least 4 members (excludes halogenated alkanes) is 1. The first-order chi connectivity index (χ1) is 8.46. The third kappa shape index (κ3) is 4.74. The molecule has 0 aliphatic rings. The monoisotopic (exact) mass is 270 g/mol. The van der Waals surface area contributed by atoms with Gasteiger partial charge in [0.2, 0.25) is 10.0 Å². The molecule has 0 radical (unpaired) electrons. The Morgan fingerprint density at radius 3 is 2.61 bits per heavy atom. The van der Waals surface area contributed by atoms with Crippen LogP contribution in [0.5, 0.6) is 0 Å². The molecule has 0 aliphatic heterocycles. The maximum atomic E-state index is 11.9. The molecule has 0 bridgehead atoms. The number of hydrogen-bond donors (Lipinski definition) is 1. The van der Waals surface area contributed by atoms with E-state index in [1.807, 2.05) is 32.9 Å². The standard InChI is InChI=1S/C13H22N2O2S/c1-4-5-9-18(16,17)15-13(11(2)3)12-7-6-8-14-10-12/h6-8,10-11,13,15H,4-5,9H2,1-3H3/t13-/m1/s1. The van der Waals surface area contributed by atoms with Crippen molar-refractivity contribution in [1.29, 1.82) is 0 Å². The fourth-order valence-corrected chi connectivity index (χ4v) is 3.32. The SMILES string of the molecule is CCCCS(=O)(=O)N[C@@H](c1cccnc1)C(C)C. The zero-order valence-electron chi connectivity index (χ0n) is 11.3. The van der Waals surface area contributed by atoms with Crippen LogP contribution in [0.3, 0.4) is 0 Å². The Balaban J connectivity index is 2.82. The minimum atomic E-state index is -3.21. The lowest BCUT2D eigenvalue weighted by Crippen LogP contribution is -2.33. The van der Waals surface area contributed by atoms with Gasteiger partial charge in [-0.05, 0) is 24.0 Å². The van der Waals surface area contributed by atoms with Crippen LogP contribution in [0.25, 0.3) is 0 Å². The molecule has 0 spiro atoms. The van der Waals surface area contributed by atoms with Crippen LogP contribution in [0.4, 0.5) is 0 Å². The Morgan fingerprint density at radius 2 is 2.11 bits per heavy atom. The summed E-state index contributed by atoms with van der Waals surface area (Å²) in [5.41, 5.74) is 0.910. The quantitative estimate of drug-likeness (QED) is 0.828. The van der Waals surface area contributed by atoms with Gasteiger partial charge in [-0.1, -0.05) is 33.3 Å². The molecule has 0 saturated heterocycles. The van der Waals surface area contributed by atoms with Crippen molar-refractivity contribution in [2.45, 2.75) is 39.7 Å². The van der Waals surface area contributed by atoms with Gasteiger partial charge in [0.05, 0.1) is 11.8 Å². The number of aromatic nitrogens is 1. The van der Waals surface area contributed by atoms with Gasteiger partial charge >= 0.3 is 0 Å². The van der Waals surface area contributed by atoms with E-state index in [1.165, 1.54) is 0 Å². The molecule has 0 amide bonds.